The lowest BCUT2D eigenvalue weighted by molar-refractivity contribution is -0.137. The minimum Gasteiger partial charge on any atom is -0.363 e. The Morgan fingerprint density at radius 3 is 2.73 bits per heavy atom. The molecular formula is C17H14N4O4S. The van der Waals surface area contributed by atoms with Crippen molar-refractivity contribution in [1.29, 1.82) is 0 Å². The summed E-state index contributed by atoms with van der Waals surface area (Å²) in [6, 6.07) is 7.66. The zero-order chi connectivity index (χ0) is 18.5. The number of thiophene rings is 1. The maximum atomic E-state index is 12.6. The molecule has 0 aliphatic rings. The van der Waals surface area contributed by atoms with Crippen LogP contribution in [-0.2, 0) is 16.0 Å². The van der Waals surface area contributed by atoms with Crippen LogP contribution in [0.25, 0.3) is 11.5 Å². The van der Waals surface area contributed by atoms with Crippen LogP contribution in [-0.4, -0.2) is 33.8 Å². The molecule has 0 saturated heterocycles. The third kappa shape index (κ3) is 3.83. The monoisotopic (exact) mass is 370 g/mol. The Kier molecular flexibility index (Phi) is 5.18. The number of primary amides is 1. The molecule has 3 rings (SSSR count). The van der Waals surface area contributed by atoms with Gasteiger partial charge in [0.15, 0.2) is 5.76 Å². The predicted octanol–water partition coefficient (Wildman–Crippen LogP) is 1.19. The van der Waals surface area contributed by atoms with E-state index in [2.05, 4.69) is 15.5 Å². The first-order chi connectivity index (χ1) is 12.6. The minimum atomic E-state index is -1.11. The van der Waals surface area contributed by atoms with Gasteiger partial charge in [-0.25, -0.2) is 0 Å². The van der Waals surface area contributed by atoms with Gasteiger partial charge in [0.25, 0.3) is 11.8 Å². The summed E-state index contributed by atoms with van der Waals surface area (Å²) in [6.45, 7) is 0. The van der Waals surface area contributed by atoms with E-state index in [1.165, 1.54) is 17.5 Å². The van der Waals surface area contributed by atoms with Crippen molar-refractivity contribution in [2.45, 2.75) is 12.5 Å². The molecule has 3 heterocycles. The van der Waals surface area contributed by atoms with Gasteiger partial charge in [0.2, 0.25) is 5.78 Å². The van der Waals surface area contributed by atoms with E-state index < -0.39 is 23.6 Å². The van der Waals surface area contributed by atoms with E-state index in [-0.39, 0.29) is 17.7 Å². The van der Waals surface area contributed by atoms with Gasteiger partial charge in [0.05, 0.1) is 6.20 Å². The highest BCUT2D eigenvalue weighted by Crippen LogP contribution is 2.21. The lowest BCUT2D eigenvalue weighted by Crippen LogP contribution is -2.47. The molecule has 2 amide bonds. The summed E-state index contributed by atoms with van der Waals surface area (Å²) in [6.07, 6.45) is 2.95. The lowest BCUT2D eigenvalue weighted by Gasteiger charge is -2.15. The molecule has 0 aliphatic carbocycles. The first kappa shape index (κ1) is 17.5. The van der Waals surface area contributed by atoms with Crippen molar-refractivity contribution in [3.8, 4) is 11.5 Å². The Labute approximate surface area is 152 Å². The molecule has 0 aliphatic heterocycles. The lowest BCUT2D eigenvalue weighted by atomic mass is 10.1. The number of ketones is 1. The van der Waals surface area contributed by atoms with Crippen molar-refractivity contribution in [3.63, 3.8) is 0 Å². The van der Waals surface area contributed by atoms with Crippen LogP contribution in [0.4, 0.5) is 0 Å². The summed E-state index contributed by atoms with van der Waals surface area (Å²) in [5.41, 5.74) is 5.63. The molecule has 8 nitrogen and oxygen atoms in total. The molecule has 0 radical (unpaired) electrons. The molecule has 3 aromatic heterocycles. The van der Waals surface area contributed by atoms with E-state index in [1.54, 1.807) is 30.5 Å². The number of carbonyl (C=O) groups excluding carboxylic acids is 3. The number of amides is 2. The molecule has 9 heteroatoms. The smallest absolute Gasteiger partial charge is 0.287 e. The zero-order valence-corrected chi connectivity index (χ0v) is 14.2. The number of carbonyl (C=O) groups is 3. The number of hydrogen-bond donors (Lipinski definition) is 2. The van der Waals surface area contributed by atoms with Crippen molar-refractivity contribution in [2.75, 3.05) is 0 Å². The summed E-state index contributed by atoms with van der Waals surface area (Å²) in [5.74, 6) is -2.42. The van der Waals surface area contributed by atoms with E-state index in [0.717, 1.165) is 4.88 Å². The maximum absolute atomic E-state index is 12.6. The number of aromatic nitrogens is 2. The molecule has 0 spiro atoms. The molecule has 0 bridgehead atoms. The number of pyridine rings is 1. The van der Waals surface area contributed by atoms with E-state index in [1.807, 2.05) is 11.4 Å². The second-order valence-electron chi connectivity index (χ2n) is 5.32. The van der Waals surface area contributed by atoms with Crippen LogP contribution in [0.15, 0.2) is 52.6 Å². The van der Waals surface area contributed by atoms with Crippen LogP contribution in [0.3, 0.4) is 0 Å². The fourth-order valence-corrected chi connectivity index (χ4v) is 3.08. The van der Waals surface area contributed by atoms with Gasteiger partial charge in [0.1, 0.15) is 17.3 Å². The largest absolute Gasteiger partial charge is 0.363 e. The Bertz CT molecular complexity index is 921. The first-order valence-corrected chi connectivity index (χ1v) is 8.47. The average Bonchev–Trinajstić information content (AvgIpc) is 3.32. The SMILES string of the molecule is NC(=O)C(=O)C(Cc1cccs1)NC(=O)c1cnoc1-c1ccccn1. The van der Waals surface area contributed by atoms with Crippen molar-refractivity contribution in [2.24, 2.45) is 5.73 Å². The summed E-state index contributed by atoms with van der Waals surface area (Å²) >= 11 is 1.41. The molecule has 0 aromatic carbocycles. The second-order valence-corrected chi connectivity index (χ2v) is 6.35. The highest BCUT2D eigenvalue weighted by atomic mass is 32.1. The van der Waals surface area contributed by atoms with E-state index in [4.69, 9.17) is 10.3 Å². The van der Waals surface area contributed by atoms with Crippen molar-refractivity contribution < 1.29 is 18.9 Å². The van der Waals surface area contributed by atoms with E-state index in [0.29, 0.717) is 5.69 Å². The van der Waals surface area contributed by atoms with Gasteiger partial charge in [-0.05, 0) is 23.6 Å². The standard InChI is InChI=1S/C17H14N4O4S/c18-16(23)14(22)13(8-10-4-3-7-26-10)21-17(24)11-9-20-25-15(11)12-5-1-2-6-19-12/h1-7,9,13H,8H2,(H2,18,23)(H,21,24). The number of rotatable bonds is 7. The topological polar surface area (TPSA) is 128 Å². The van der Waals surface area contributed by atoms with Crippen molar-refractivity contribution >= 4 is 28.9 Å². The maximum Gasteiger partial charge on any atom is 0.287 e. The summed E-state index contributed by atoms with van der Waals surface area (Å²) in [7, 11) is 0. The number of nitrogens with zero attached hydrogens (tertiary/aromatic N) is 2. The van der Waals surface area contributed by atoms with Gasteiger partial charge in [-0.3, -0.25) is 19.4 Å². The van der Waals surface area contributed by atoms with Crippen LogP contribution in [0, 0.1) is 0 Å². The molecule has 1 atom stereocenters. The van der Waals surface area contributed by atoms with Gasteiger partial charge < -0.3 is 15.6 Å². The first-order valence-electron chi connectivity index (χ1n) is 7.59. The zero-order valence-electron chi connectivity index (χ0n) is 13.4. The Morgan fingerprint density at radius 1 is 1.23 bits per heavy atom. The van der Waals surface area contributed by atoms with Gasteiger partial charge in [-0.15, -0.1) is 11.3 Å². The van der Waals surface area contributed by atoms with Gasteiger partial charge in [-0.1, -0.05) is 17.3 Å². The summed E-state index contributed by atoms with van der Waals surface area (Å²) in [5, 5.41) is 8.01. The predicted molar refractivity (Wildman–Crippen MR) is 93.2 cm³/mol. The molecule has 0 saturated carbocycles. The number of hydrogen-bond acceptors (Lipinski definition) is 7. The van der Waals surface area contributed by atoms with Gasteiger partial charge in [0, 0.05) is 17.5 Å². The summed E-state index contributed by atoms with van der Waals surface area (Å²) < 4.78 is 5.12. The molecule has 26 heavy (non-hydrogen) atoms. The van der Waals surface area contributed by atoms with Crippen molar-refractivity contribution in [1.82, 2.24) is 15.5 Å². The van der Waals surface area contributed by atoms with Gasteiger partial charge >= 0.3 is 0 Å². The molecule has 3 aromatic rings. The number of nitrogens with two attached hydrogens (primary N) is 1. The Hall–Kier alpha value is -3.33. The molecule has 3 N–H and O–H groups in total. The molecule has 1 unspecified atom stereocenters. The Balaban J connectivity index is 1.83. The normalized spacial score (nSPS) is 11.7. The highest BCUT2D eigenvalue weighted by molar-refractivity contribution is 7.09. The summed E-state index contributed by atoms with van der Waals surface area (Å²) in [4.78, 5) is 41.0. The van der Waals surface area contributed by atoms with E-state index in [9.17, 15) is 14.4 Å². The van der Waals surface area contributed by atoms with Crippen LogP contribution in [0.2, 0.25) is 0 Å². The fraction of sp³-hybridized carbons (Fsp3) is 0.118. The van der Waals surface area contributed by atoms with Crippen LogP contribution >= 0.6 is 11.3 Å². The third-order valence-electron chi connectivity index (χ3n) is 3.56. The van der Waals surface area contributed by atoms with Crippen LogP contribution in [0.5, 0.6) is 0 Å². The van der Waals surface area contributed by atoms with E-state index >= 15 is 0 Å². The number of nitrogens with one attached hydrogen (secondary N) is 1. The quantitative estimate of drug-likeness (QED) is 0.601. The molecule has 132 valence electrons. The molecular weight excluding hydrogens is 356 g/mol. The Morgan fingerprint density at radius 2 is 2.08 bits per heavy atom. The number of Topliss-reactive ketones (excluding diaryl/α,β-unsaturated/α-hetero) is 1. The minimum absolute atomic E-state index is 0.108. The average molecular weight is 370 g/mol. The fourth-order valence-electron chi connectivity index (χ4n) is 2.33. The third-order valence-corrected chi connectivity index (χ3v) is 4.46. The van der Waals surface area contributed by atoms with Gasteiger partial charge in [-0.2, -0.15) is 0 Å². The highest BCUT2D eigenvalue weighted by Gasteiger charge is 2.28. The van der Waals surface area contributed by atoms with Crippen LogP contribution in [0.1, 0.15) is 15.2 Å². The van der Waals surface area contributed by atoms with Crippen molar-refractivity contribution in [3.05, 3.63) is 58.5 Å². The van der Waals surface area contributed by atoms with Crippen LogP contribution < -0.4 is 11.1 Å². The second kappa shape index (κ2) is 7.70. The molecule has 0 fully saturated rings.